The van der Waals surface area contributed by atoms with Crippen molar-refractivity contribution in [3.8, 4) is 11.5 Å². The van der Waals surface area contributed by atoms with Gasteiger partial charge in [0.1, 0.15) is 16.4 Å². The van der Waals surface area contributed by atoms with Crippen LogP contribution in [0.3, 0.4) is 0 Å². The summed E-state index contributed by atoms with van der Waals surface area (Å²) in [6, 6.07) is 9.72. The van der Waals surface area contributed by atoms with E-state index in [1.54, 1.807) is 37.5 Å². The molecule has 0 aliphatic rings. The van der Waals surface area contributed by atoms with Crippen LogP contribution in [0.25, 0.3) is 0 Å². The highest BCUT2D eigenvalue weighted by atomic mass is 35.5. The lowest BCUT2D eigenvalue weighted by molar-refractivity contribution is 0.476. The molecule has 0 amide bonds. The third-order valence-corrected chi connectivity index (χ3v) is 6.07. The van der Waals surface area contributed by atoms with Gasteiger partial charge in [-0.15, -0.1) is 0 Å². The number of aromatic nitrogens is 1. The number of nitrogens with zero attached hydrogens (tertiary/aromatic N) is 1. The number of hydrogen-bond acceptors (Lipinski definition) is 4. The van der Waals surface area contributed by atoms with Gasteiger partial charge >= 0.3 is 0 Å². The molecule has 3 aromatic rings. The maximum absolute atomic E-state index is 12.7. The van der Waals surface area contributed by atoms with Crippen LogP contribution in [0.5, 0.6) is 11.5 Å². The molecule has 0 unspecified atom stereocenters. The van der Waals surface area contributed by atoms with E-state index >= 15 is 0 Å². The van der Waals surface area contributed by atoms with Crippen LogP contribution >= 0.6 is 23.2 Å². The molecule has 5 nitrogen and oxygen atoms in total. The lowest BCUT2D eigenvalue weighted by atomic mass is 10.2. The Bertz CT molecular complexity index is 1120. The van der Waals surface area contributed by atoms with E-state index in [4.69, 9.17) is 27.9 Å². The molecule has 0 atom stereocenters. The average Bonchev–Trinajstić information content (AvgIpc) is 2.57. The minimum Gasteiger partial charge on any atom is -0.454 e. The number of hydrogen-bond donors (Lipinski definition) is 1. The normalized spacial score (nSPS) is 11.3. The summed E-state index contributed by atoms with van der Waals surface area (Å²) in [5.74, 6) is 0.982. The number of anilines is 1. The number of nitrogens with one attached hydrogen (secondary N) is 1. The number of halogens is 2. The van der Waals surface area contributed by atoms with Gasteiger partial charge in [-0.3, -0.25) is 9.71 Å². The van der Waals surface area contributed by atoms with Gasteiger partial charge in [-0.05, 0) is 67.8 Å². The second-order valence-electron chi connectivity index (χ2n) is 6.44. The SMILES string of the molecule is Cc1cncc(Oc2c(C)cc(NS(=O)(=O)c3ccc(C)cc3Cl)cc2Cl)c1. The van der Waals surface area contributed by atoms with E-state index in [0.29, 0.717) is 22.7 Å². The summed E-state index contributed by atoms with van der Waals surface area (Å²) < 4.78 is 33.7. The van der Waals surface area contributed by atoms with Gasteiger partial charge in [0, 0.05) is 6.20 Å². The number of pyridine rings is 1. The summed E-state index contributed by atoms with van der Waals surface area (Å²) in [7, 11) is -3.86. The Morgan fingerprint density at radius 2 is 1.68 bits per heavy atom. The van der Waals surface area contributed by atoms with Crippen LogP contribution in [0.4, 0.5) is 5.69 Å². The van der Waals surface area contributed by atoms with Crippen molar-refractivity contribution >= 4 is 38.9 Å². The molecule has 0 aliphatic carbocycles. The van der Waals surface area contributed by atoms with Crippen LogP contribution in [-0.2, 0) is 10.0 Å². The van der Waals surface area contributed by atoms with E-state index in [2.05, 4.69) is 9.71 Å². The summed E-state index contributed by atoms with van der Waals surface area (Å²) in [6.07, 6.45) is 3.30. The minimum absolute atomic E-state index is 0.000274. The highest BCUT2D eigenvalue weighted by Gasteiger charge is 2.19. The van der Waals surface area contributed by atoms with E-state index < -0.39 is 10.0 Å². The standard InChI is InChI=1S/C20H18Cl2N2O3S/c1-12-4-5-19(17(21)7-12)28(25,26)24-15-8-14(3)20(18(22)9-15)27-16-6-13(2)10-23-11-16/h4-11,24H,1-3H3. The first kappa shape index (κ1) is 20.5. The summed E-state index contributed by atoms with van der Waals surface area (Å²) in [5.41, 5.74) is 2.80. The molecule has 2 aromatic carbocycles. The maximum Gasteiger partial charge on any atom is 0.263 e. The molecule has 0 fully saturated rings. The van der Waals surface area contributed by atoms with Crippen LogP contribution in [0.15, 0.2) is 53.7 Å². The van der Waals surface area contributed by atoms with Crippen molar-refractivity contribution in [2.24, 2.45) is 0 Å². The largest absolute Gasteiger partial charge is 0.454 e. The van der Waals surface area contributed by atoms with Crippen molar-refractivity contribution in [2.45, 2.75) is 25.7 Å². The Labute approximate surface area is 174 Å². The topological polar surface area (TPSA) is 68.3 Å². The highest BCUT2D eigenvalue weighted by Crippen LogP contribution is 2.36. The first-order valence-corrected chi connectivity index (χ1v) is 10.6. The van der Waals surface area contributed by atoms with E-state index in [1.165, 1.54) is 12.1 Å². The summed E-state index contributed by atoms with van der Waals surface area (Å²) in [5, 5.41) is 0.427. The average molecular weight is 437 g/mol. The molecule has 0 bridgehead atoms. The summed E-state index contributed by atoms with van der Waals surface area (Å²) in [4.78, 5) is 4.08. The molecule has 8 heteroatoms. The van der Waals surface area contributed by atoms with Crippen molar-refractivity contribution in [2.75, 3.05) is 4.72 Å². The molecule has 0 saturated heterocycles. The molecule has 0 radical (unpaired) electrons. The van der Waals surface area contributed by atoms with E-state index in [0.717, 1.165) is 11.1 Å². The van der Waals surface area contributed by atoms with Crippen LogP contribution in [0.2, 0.25) is 10.0 Å². The smallest absolute Gasteiger partial charge is 0.263 e. The minimum atomic E-state index is -3.86. The van der Waals surface area contributed by atoms with Crippen molar-refractivity contribution in [1.29, 1.82) is 0 Å². The first-order valence-electron chi connectivity index (χ1n) is 8.34. The van der Waals surface area contributed by atoms with Gasteiger partial charge in [0.05, 0.1) is 21.9 Å². The number of rotatable bonds is 5. The fourth-order valence-corrected chi connectivity index (χ4v) is 4.60. The Hall–Kier alpha value is -2.28. The Balaban J connectivity index is 1.90. The van der Waals surface area contributed by atoms with Gasteiger partial charge in [0.25, 0.3) is 10.0 Å². The molecule has 1 heterocycles. The predicted molar refractivity (Wildman–Crippen MR) is 112 cm³/mol. The van der Waals surface area contributed by atoms with Crippen LogP contribution in [0, 0.1) is 20.8 Å². The zero-order valence-corrected chi connectivity index (χ0v) is 17.8. The van der Waals surface area contributed by atoms with Gasteiger partial charge in [0.15, 0.2) is 0 Å². The highest BCUT2D eigenvalue weighted by molar-refractivity contribution is 7.92. The van der Waals surface area contributed by atoms with Gasteiger partial charge < -0.3 is 4.74 Å². The molecular formula is C20H18Cl2N2O3S. The lowest BCUT2D eigenvalue weighted by Gasteiger charge is -2.15. The van der Waals surface area contributed by atoms with Crippen LogP contribution < -0.4 is 9.46 Å². The molecule has 0 spiro atoms. The second kappa shape index (κ2) is 7.99. The quantitative estimate of drug-likeness (QED) is 0.539. The van der Waals surface area contributed by atoms with Crippen LogP contribution in [-0.4, -0.2) is 13.4 Å². The van der Waals surface area contributed by atoms with Crippen molar-refractivity contribution in [3.05, 3.63) is 75.5 Å². The Morgan fingerprint density at radius 1 is 0.929 bits per heavy atom. The fraction of sp³-hybridized carbons (Fsp3) is 0.150. The number of benzene rings is 2. The van der Waals surface area contributed by atoms with E-state index in [1.807, 2.05) is 19.9 Å². The van der Waals surface area contributed by atoms with Gasteiger partial charge in [-0.2, -0.15) is 0 Å². The van der Waals surface area contributed by atoms with Crippen molar-refractivity contribution in [1.82, 2.24) is 4.98 Å². The summed E-state index contributed by atoms with van der Waals surface area (Å²) >= 11 is 12.4. The molecule has 28 heavy (non-hydrogen) atoms. The fourth-order valence-electron chi connectivity index (χ4n) is 2.65. The van der Waals surface area contributed by atoms with Crippen molar-refractivity contribution in [3.63, 3.8) is 0 Å². The molecule has 1 N–H and O–H groups in total. The molecule has 0 saturated carbocycles. The Morgan fingerprint density at radius 3 is 2.32 bits per heavy atom. The maximum atomic E-state index is 12.7. The lowest BCUT2D eigenvalue weighted by Crippen LogP contribution is -2.13. The zero-order valence-electron chi connectivity index (χ0n) is 15.5. The molecule has 0 aliphatic heterocycles. The summed E-state index contributed by atoms with van der Waals surface area (Å²) in [6.45, 7) is 5.52. The van der Waals surface area contributed by atoms with E-state index in [-0.39, 0.29) is 14.9 Å². The van der Waals surface area contributed by atoms with Gasteiger partial charge in [0.2, 0.25) is 0 Å². The molecular weight excluding hydrogens is 419 g/mol. The predicted octanol–water partition coefficient (Wildman–Crippen LogP) is 5.91. The van der Waals surface area contributed by atoms with Gasteiger partial charge in [-0.25, -0.2) is 8.42 Å². The van der Waals surface area contributed by atoms with Crippen LogP contribution in [0.1, 0.15) is 16.7 Å². The third-order valence-electron chi connectivity index (χ3n) is 3.93. The molecule has 146 valence electrons. The third kappa shape index (κ3) is 4.58. The first-order chi connectivity index (χ1) is 13.2. The number of sulfonamides is 1. The zero-order chi connectivity index (χ0) is 20.5. The monoisotopic (exact) mass is 436 g/mol. The Kier molecular flexibility index (Phi) is 5.84. The molecule has 1 aromatic heterocycles. The number of aryl methyl sites for hydroxylation is 3. The molecule has 3 rings (SSSR count). The number of ether oxygens (including phenoxy) is 1. The van der Waals surface area contributed by atoms with E-state index in [9.17, 15) is 8.42 Å². The second-order valence-corrected chi connectivity index (χ2v) is 8.91. The van der Waals surface area contributed by atoms with Gasteiger partial charge in [-0.1, -0.05) is 29.3 Å². The van der Waals surface area contributed by atoms with Crippen molar-refractivity contribution < 1.29 is 13.2 Å².